The molecule has 5 nitrogen and oxygen atoms in total. The van der Waals surface area contributed by atoms with Crippen molar-refractivity contribution in [2.24, 2.45) is 0 Å². The van der Waals surface area contributed by atoms with Crippen LogP contribution in [0.5, 0.6) is 0 Å². The van der Waals surface area contributed by atoms with E-state index in [0.717, 1.165) is 18.9 Å². The summed E-state index contributed by atoms with van der Waals surface area (Å²) >= 11 is 0. The third-order valence-corrected chi connectivity index (χ3v) is 5.38. The largest absolute Gasteiger partial charge is 0.392 e. The molecule has 2 rings (SSSR count). The van der Waals surface area contributed by atoms with E-state index in [1.807, 2.05) is 0 Å². The van der Waals surface area contributed by atoms with Crippen molar-refractivity contribution in [3.63, 3.8) is 0 Å². The van der Waals surface area contributed by atoms with Crippen LogP contribution in [0.15, 0.2) is 17.0 Å². The lowest BCUT2D eigenvalue weighted by molar-refractivity contribution is 0.0902. The van der Waals surface area contributed by atoms with Crippen molar-refractivity contribution >= 4 is 10.0 Å². The van der Waals surface area contributed by atoms with E-state index in [4.69, 9.17) is 9.84 Å². The fourth-order valence-corrected chi connectivity index (χ4v) is 4.03. The number of hydrogen-bond donors (Lipinski definition) is 2. The quantitative estimate of drug-likeness (QED) is 0.862. The summed E-state index contributed by atoms with van der Waals surface area (Å²) < 4.78 is 46.6. The summed E-state index contributed by atoms with van der Waals surface area (Å²) in [7, 11) is -3.86. The average molecular weight is 317 g/mol. The van der Waals surface area contributed by atoms with Crippen LogP contribution < -0.4 is 4.72 Å². The fraction of sp³-hybridized carbons (Fsp3) is 0.571. The first-order valence-electron chi connectivity index (χ1n) is 6.89. The van der Waals surface area contributed by atoms with Crippen molar-refractivity contribution in [3.8, 4) is 0 Å². The predicted molar refractivity (Wildman–Crippen MR) is 75.8 cm³/mol. The van der Waals surface area contributed by atoms with Gasteiger partial charge in [0.15, 0.2) is 0 Å². The maximum absolute atomic E-state index is 13.8. The Balaban J connectivity index is 2.28. The Bertz CT molecular complexity index is 612. The molecule has 0 radical (unpaired) electrons. The first-order valence-corrected chi connectivity index (χ1v) is 8.37. The summed E-state index contributed by atoms with van der Waals surface area (Å²) in [5.74, 6) is -0.647. The Morgan fingerprint density at radius 3 is 2.81 bits per heavy atom. The molecule has 118 valence electrons. The lowest BCUT2D eigenvalue weighted by Gasteiger charge is -2.21. The van der Waals surface area contributed by atoms with Gasteiger partial charge in [-0.3, -0.25) is 0 Å². The van der Waals surface area contributed by atoms with Crippen molar-refractivity contribution in [1.29, 1.82) is 0 Å². The molecule has 2 N–H and O–H groups in total. The van der Waals surface area contributed by atoms with E-state index in [1.165, 1.54) is 13.0 Å². The Kier molecular flexibility index (Phi) is 4.98. The maximum atomic E-state index is 13.8. The third kappa shape index (κ3) is 3.60. The summed E-state index contributed by atoms with van der Waals surface area (Å²) in [6.45, 7) is 3.35. The van der Waals surface area contributed by atoms with Gasteiger partial charge in [-0.1, -0.05) is 0 Å². The van der Waals surface area contributed by atoms with Crippen molar-refractivity contribution in [2.75, 3.05) is 6.61 Å². The molecule has 7 heteroatoms. The van der Waals surface area contributed by atoms with Crippen molar-refractivity contribution in [1.82, 2.24) is 4.72 Å². The number of halogens is 1. The number of aliphatic hydroxyl groups excluding tert-OH is 1. The minimum Gasteiger partial charge on any atom is -0.392 e. The number of rotatable bonds is 5. The zero-order valence-corrected chi connectivity index (χ0v) is 12.9. The predicted octanol–water partition coefficient (Wildman–Crippen LogP) is 1.47. The van der Waals surface area contributed by atoms with Gasteiger partial charge in [0, 0.05) is 18.2 Å². The molecule has 1 aromatic carbocycles. The summed E-state index contributed by atoms with van der Waals surface area (Å²) in [6, 6.07) is 2.04. The Hall–Kier alpha value is -1.02. The molecular weight excluding hydrogens is 297 g/mol. The lowest BCUT2D eigenvalue weighted by atomic mass is 10.1. The van der Waals surface area contributed by atoms with Crippen molar-refractivity contribution < 1.29 is 22.7 Å². The second-order valence-electron chi connectivity index (χ2n) is 5.32. The van der Waals surface area contributed by atoms with Gasteiger partial charge in [-0.25, -0.2) is 17.5 Å². The van der Waals surface area contributed by atoms with Gasteiger partial charge in [0.05, 0.1) is 17.6 Å². The Morgan fingerprint density at radius 2 is 2.24 bits per heavy atom. The molecule has 0 spiro atoms. The number of sulfonamides is 1. The second-order valence-corrected chi connectivity index (χ2v) is 7.00. The number of ether oxygens (including phenoxy) is 1. The van der Waals surface area contributed by atoms with Crippen LogP contribution in [0, 0.1) is 12.7 Å². The van der Waals surface area contributed by atoms with E-state index in [9.17, 15) is 12.8 Å². The highest BCUT2D eigenvalue weighted by atomic mass is 32.2. The highest BCUT2D eigenvalue weighted by Crippen LogP contribution is 2.22. The SMILES string of the molecule is Cc1c(F)cc(CO)cc1S(=O)(=O)NC(C)C1CCCO1. The molecule has 0 amide bonds. The van der Waals surface area contributed by atoms with E-state index >= 15 is 0 Å². The lowest BCUT2D eigenvalue weighted by Crippen LogP contribution is -2.41. The number of nitrogens with one attached hydrogen (secondary N) is 1. The van der Waals surface area contributed by atoms with E-state index in [1.54, 1.807) is 6.92 Å². The third-order valence-electron chi connectivity index (χ3n) is 3.69. The van der Waals surface area contributed by atoms with Gasteiger partial charge < -0.3 is 9.84 Å². The highest BCUT2D eigenvalue weighted by molar-refractivity contribution is 7.89. The minimum atomic E-state index is -3.86. The standard InChI is InChI=1S/C14H20FNO4S/c1-9-12(15)6-11(8-17)7-14(9)21(18,19)16-10(2)13-4-3-5-20-13/h6-7,10,13,16-17H,3-5,8H2,1-2H3. The van der Waals surface area contributed by atoms with Crippen LogP contribution in [0.4, 0.5) is 4.39 Å². The molecule has 1 fully saturated rings. The number of benzene rings is 1. The van der Waals surface area contributed by atoms with E-state index < -0.39 is 28.5 Å². The van der Waals surface area contributed by atoms with E-state index in [2.05, 4.69) is 4.72 Å². The topological polar surface area (TPSA) is 75.6 Å². The number of hydrogen-bond acceptors (Lipinski definition) is 4. The van der Waals surface area contributed by atoms with Crippen LogP contribution in [0.25, 0.3) is 0 Å². The molecule has 1 heterocycles. The van der Waals surface area contributed by atoms with Gasteiger partial charge in [-0.15, -0.1) is 0 Å². The van der Waals surface area contributed by atoms with Crippen molar-refractivity contribution in [3.05, 3.63) is 29.1 Å². The molecule has 2 atom stereocenters. The Labute approximate surface area is 124 Å². The fourth-order valence-electron chi connectivity index (χ4n) is 2.46. The second kappa shape index (κ2) is 6.39. The molecule has 21 heavy (non-hydrogen) atoms. The molecule has 1 saturated heterocycles. The van der Waals surface area contributed by atoms with Crippen molar-refractivity contribution in [2.45, 2.75) is 50.3 Å². The molecule has 0 saturated carbocycles. The first-order chi connectivity index (χ1) is 9.85. The van der Waals surface area contributed by atoms with Gasteiger partial charge >= 0.3 is 0 Å². The molecule has 0 aliphatic carbocycles. The molecule has 0 bridgehead atoms. The summed E-state index contributed by atoms with van der Waals surface area (Å²) in [5, 5.41) is 9.10. The van der Waals surface area contributed by atoms with E-state index in [-0.39, 0.29) is 22.1 Å². The van der Waals surface area contributed by atoms with Gasteiger partial charge in [0.25, 0.3) is 0 Å². The molecule has 1 aliphatic heterocycles. The molecular formula is C14H20FNO4S. The maximum Gasteiger partial charge on any atom is 0.241 e. The van der Waals surface area contributed by atoms with Crippen LogP contribution in [-0.2, 0) is 21.4 Å². The molecule has 1 aliphatic rings. The van der Waals surface area contributed by atoms with Crippen LogP contribution in [0.1, 0.15) is 30.9 Å². The van der Waals surface area contributed by atoms with Crippen LogP contribution in [-0.4, -0.2) is 32.3 Å². The van der Waals surface area contributed by atoms with Gasteiger partial charge in [-0.2, -0.15) is 0 Å². The monoisotopic (exact) mass is 317 g/mol. The molecule has 0 aromatic heterocycles. The summed E-state index contributed by atoms with van der Waals surface area (Å²) in [6.07, 6.45) is 1.55. The normalized spacial score (nSPS) is 20.7. The van der Waals surface area contributed by atoms with Gasteiger partial charge in [-0.05, 0) is 44.4 Å². The molecule has 2 unspecified atom stereocenters. The zero-order chi connectivity index (χ0) is 15.6. The van der Waals surface area contributed by atoms with E-state index in [0.29, 0.717) is 6.61 Å². The van der Waals surface area contributed by atoms with Crippen LogP contribution in [0.2, 0.25) is 0 Å². The molecule has 1 aromatic rings. The average Bonchev–Trinajstić information content (AvgIpc) is 2.95. The van der Waals surface area contributed by atoms with Gasteiger partial charge in [0.2, 0.25) is 10.0 Å². The Morgan fingerprint density at radius 1 is 1.52 bits per heavy atom. The first kappa shape index (κ1) is 16.4. The summed E-state index contributed by atoms with van der Waals surface area (Å²) in [4.78, 5) is -0.142. The van der Waals surface area contributed by atoms with Crippen LogP contribution in [0.3, 0.4) is 0 Å². The highest BCUT2D eigenvalue weighted by Gasteiger charge is 2.28. The smallest absolute Gasteiger partial charge is 0.241 e. The minimum absolute atomic E-state index is 0.0410. The zero-order valence-electron chi connectivity index (χ0n) is 12.1. The summed E-state index contributed by atoms with van der Waals surface area (Å²) in [5.41, 5.74) is 0.266. The number of aliphatic hydroxyl groups is 1. The van der Waals surface area contributed by atoms with Gasteiger partial charge in [0.1, 0.15) is 5.82 Å². The van der Waals surface area contributed by atoms with Crippen LogP contribution >= 0.6 is 0 Å².